The van der Waals surface area contributed by atoms with Crippen molar-refractivity contribution < 1.29 is 17.9 Å². The molecular weight excluding hydrogens is 328 g/mol. The van der Waals surface area contributed by atoms with Crippen LogP contribution in [-0.4, -0.2) is 52.1 Å². The molecule has 1 aromatic carbocycles. The molecule has 1 N–H and O–H groups in total. The van der Waals surface area contributed by atoms with Gasteiger partial charge in [0.1, 0.15) is 0 Å². The van der Waals surface area contributed by atoms with Gasteiger partial charge in [0.25, 0.3) is 5.91 Å². The lowest BCUT2D eigenvalue weighted by molar-refractivity contribution is 0.0779. The van der Waals surface area contributed by atoms with Crippen molar-refractivity contribution >= 4 is 15.9 Å². The Kier molecular flexibility index (Phi) is 6.37. The Bertz CT molecular complexity index is 650. The summed E-state index contributed by atoms with van der Waals surface area (Å²) in [6, 6.07) is 6.04. The van der Waals surface area contributed by atoms with E-state index in [1.165, 1.54) is 12.1 Å². The highest BCUT2D eigenvalue weighted by Gasteiger charge is 2.21. The molecule has 1 heterocycles. The van der Waals surface area contributed by atoms with Crippen LogP contribution in [0.3, 0.4) is 0 Å². The van der Waals surface area contributed by atoms with Crippen molar-refractivity contribution in [3.63, 3.8) is 0 Å². The minimum atomic E-state index is -3.58. The number of rotatable bonds is 7. The van der Waals surface area contributed by atoms with Crippen LogP contribution in [0.5, 0.6) is 0 Å². The monoisotopic (exact) mass is 354 g/mol. The van der Waals surface area contributed by atoms with Crippen LogP contribution in [0, 0.1) is 5.92 Å². The predicted molar refractivity (Wildman–Crippen MR) is 92.4 cm³/mol. The number of carbonyl (C=O) groups excluding carboxylic acids is 1. The smallest absolute Gasteiger partial charge is 0.253 e. The molecule has 1 aliphatic heterocycles. The van der Waals surface area contributed by atoms with Crippen LogP contribution in [0.25, 0.3) is 0 Å². The average Bonchev–Trinajstić information content (AvgIpc) is 3.05. The molecule has 1 aliphatic rings. The van der Waals surface area contributed by atoms with E-state index in [2.05, 4.69) is 4.72 Å². The topological polar surface area (TPSA) is 75.7 Å². The summed E-state index contributed by atoms with van der Waals surface area (Å²) in [5, 5.41) is 0. The Morgan fingerprint density at radius 3 is 2.54 bits per heavy atom. The number of amides is 1. The molecule has 1 fully saturated rings. The minimum Gasteiger partial charge on any atom is -0.377 e. The maximum atomic E-state index is 12.3. The average molecular weight is 354 g/mol. The summed E-state index contributed by atoms with van der Waals surface area (Å²) >= 11 is 0. The summed E-state index contributed by atoms with van der Waals surface area (Å²) in [5.41, 5.74) is 0.483. The first kappa shape index (κ1) is 18.9. The maximum Gasteiger partial charge on any atom is 0.253 e. The Morgan fingerprint density at radius 1 is 1.33 bits per heavy atom. The van der Waals surface area contributed by atoms with Crippen molar-refractivity contribution in [2.45, 2.75) is 37.7 Å². The zero-order valence-electron chi connectivity index (χ0n) is 14.5. The summed E-state index contributed by atoms with van der Waals surface area (Å²) < 4.78 is 32.6. The van der Waals surface area contributed by atoms with Gasteiger partial charge in [-0.05, 0) is 43.0 Å². The molecule has 1 amide bonds. The van der Waals surface area contributed by atoms with Crippen molar-refractivity contribution in [2.75, 3.05) is 26.7 Å². The number of nitrogens with one attached hydrogen (secondary N) is 1. The molecule has 0 saturated carbocycles. The fourth-order valence-corrected chi connectivity index (χ4v) is 3.79. The van der Waals surface area contributed by atoms with Gasteiger partial charge in [0.05, 0.1) is 11.0 Å². The number of sulfonamides is 1. The number of carbonyl (C=O) groups is 1. The molecule has 0 bridgehead atoms. The van der Waals surface area contributed by atoms with Crippen LogP contribution < -0.4 is 4.72 Å². The van der Waals surface area contributed by atoms with Crippen molar-refractivity contribution in [2.24, 2.45) is 5.92 Å². The quantitative estimate of drug-likeness (QED) is 0.811. The van der Waals surface area contributed by atoms with Gasteiger partial charge < -0.3 is 9.64 Å². The zero-order valence-corrected chi connectivity index (χ0v) is 15.3. The number of nitrogens with zero attached hydrogens (tertiary/aromatic N) is 1. The predicted octanol–water partition coefficient (Wildman–Crippen LogP) is 1.87. The summed E-state index contributed by atoms with van der Waals surface area (Å²) in [7, 11) is -1.84. The normalized spacial score (nSPS) is 18.1. The van der Waals surface area contributed by atoms with Crippen LogP contribution in [0.2, 0.25) is 0 Å². The summed E-state index contributed by atoms with van der Waals surface area (Å²) in [6.07, 6.45) is 1.79. The Morgan fingerprint density at radius 2 is 2.00 bits per heavy atom. The van der Waals surface area contributed by atoms with Gasteiger partial charge in [0, 0.05) is 32.3 Å². The van der Waals surface area contributed by atoms with Gasteiger partial charge in [-0.2, -0.15) is 0 Å². The highest BCUT2D eigenvalue weighted by atomic mass is 32.2. The highest BCUT2D eigenvalue weighted by molar-refractivity contribution is 7.89. The molecule has 1 atom stereocenters. The van der Waals surface area contributed by atoms with Gasteiger partial charge in [-0.3, -0.25) is 4.79 Å². The van der Waals surface area contributed by atoms with Crippen molar-refractivity contribution in [3.05, 3.63) is 29.8 Å². The van der Waals surface area contributed by atoms with Gasteiger partial charge in [-0.25, -0.2) is 13.1 Å². The SMILES string of the molecule is CC(C)CN(C)C(=O)c1ccc(S(=O)(=O)NCC2CCCO2)cc1. The van der Waals surface area contributed by atoms with Gasteiger partial charge in [0.15, 0.2) is 0 Å². The molecule has 7 heteroatoms. The van der Waals surface area contributed by atoms with Gasteiger partial charge in [-0.15, -0.1) is 0 Å². The molecule has 24 heavy (non-hydrogen) atoms. The summed E-state index contributed by atoms with van der Waals surface area (Å²) in [5.74, 6) is 0.264. The lowest BCUT2D eigenvalue weighted by Gasteiger charge is -2.19. The van der Waals surface area contributed by atoms with E-state index in [1.807, 2.05) is 13.8 Å². The van der Waals surface area contributed by atoms with E-state index in [0.717, 1.165) is 12.8 Å². The van der Waals surface area contributed by atoms with E-state index in [0.29, 0.717) is 24.6 Å². The second kappa shape index (κ2) is 8.09. The summed E-state index contributed by atoms with van der Waals surface area (Å²) in [6.45, 7) is 5.70. The standard InChI is InChI=1S/C17H26N2O4S/c1-13(2)12-19(3)17(20)14-6-8-16(9-7-14)24(21,22)18-11-15-5-4-10-23-15/h6-9,13,15,18H,4-5,10-12H2,1-3H3. The third-order valence-electron chi connectivity index (χ3n) is 3.92. The number of ether oxygens (including phenoxy) is 1. The number of hydrogen-bond donors (Lipinski definition) is 1. The van der Waals surface area contributed by atoms with E-state index >= 15 is 0 Å². The number of hydrogen-bond acceptors (Lipinski definition) is 4. The second-order valence-corrected chi connectivity index (χ2v) is 8.36. The van der Waals surface area contributed by atoms with Crippen LogP contribution in [0.15, 0.2) is 29.2 Å². The molecular formula is C17H26N2O4S. The van der Waals surface area contributed by atoms with Crippen molar-refractivity contribution in [3.8, 4) is 0 Å². The molecule has 0 spiro atoms. The molecule has 2 rings (SSSR count). The minimum absolute atomic E-state index is 0.0506. The Balaban J connectivity index is 2.00. The molecule has 134 valence electrons. The van der Waals surface area contributed by atoms with Crippen LogP contribution in [0.4, 0.5) is 0 Å². The molecule has 0 radical (unpaired) electrons. The summed E-state index contributed by atoms with van der Waals surface area (Å²) in [4.78, 5) is 14.1. The van der Waals surface area contributed by atoms with Crippen molar-refractivity contribution in [1.29, 1.82) is 0 Å². The second-order valence-electron chi connectivity index (χ2n) is 6.59. The lowest BCUT2D eigenvalue weighted by atomic mass is 10.1. The molecule has 1 aromatic rings. The van der Waals surface area contributed by atoms with Crippen LogP contribution in [0.1, 0.15) is 37.0 Å². The molecule has 6 nitrogen and oxygen atoms in total. The van der Waals surface area contributed by atoms with E-state index in [1.54, 1.807) is 24.1 Å². The Hall–Kier alpha value is -1.44. The van der Waals surface area contributed by atoms with Crippen LogP contribution in [-0.2, 0) is 14.8 Å². The van der Waals surface area contributed by atoms with E-state index in [9.17, 15) is 13.2 Å². The third kappa shape index (κ3) is 5.03. The zero-order chi connectivity index (χ0) is 17.7. The Labute approximate surface area is 144 Å². The lowest BCUT2D eigenvalue weighted by Crippen LogP contribution is -2.32. The fourth-order valence-electron chi connectivity index (χ4n) is 2.72. The van der Waals surface area contributed by atoms with E-state index < -0.39 is 10.0 Å². The van der Waals surface area contributed by atoms with Crippen molar-refractivity contribution in [1.82, 2.24) is 9.62 Å². The first-order valence-electron chi connectivity index (χ1n) is 8.26. The first-order chi connectivity index (χ1) is 11.3. The van der Waals surface area contributed by atoms with E-state index in [-0.39, 0.29) is 23.5 Å². The third-order valence-corrected chi connectivity index (χ3v) is 5.36. The van der Waals surface area contributed by atoms with E-state index in [4.69, 9.17) is 4.74 Å². The van der Waals surface area contributed by atoms with Gasteiger partial charge in [-0.1, -0.05) is 13.8 Å². The number of benzene rings is 1. The first-order valence-corrected chi connectivity index (χ1v) is 9.74. The highest BCUT2D eigenvalue weighted by Crippen LogP contribution is 2.15. The largest absolute Gasteiger partial charge is 0.377 e. The fraction of sp³-hybridized carbons (Fsp3) is 0.588. The van der Waals surface area contributed by atoms with Gasteiger partial charge in [0.2, 0.25) is 10.0 Å². The van der Waals surface area contributed by atoms with Crippen LogP contribution >= 0.6 is 0 Å². The molecule has 0 aliphatic carbocycles. The molecule has 0 aromatic heterocycles. The maximum absolute atomic E-state index is 12.3. The molecule has 1 saturated heterocycles. The molecule has 1 unspecified atom stereocenters. The van der Waals surface area contributed by atoms with Gasteiger partial charge >= 0.3 is 0 Å².